The van der Waals surface area contributed by atoms with E-state index in [2.05, 4.69) is 32.0 Å². The lowest BCUT2D eigenvalue weighted by Gasteiger charge is -2.52. The Kier molecular flexibility index (Phi) is 5.20. The van der Waals surface area contributed by atoms with Crippen molar-refractivity contribution in [2.75, 3.05) is 0 Å². The average Bonchev–Trinajstić information content (AvgIpc) is 2.69. The lowest BCUT2D eigenvalue weighted by molar-refractivity contribution is -0.173. The monoisotopic (exact) mass is 368 g/mol. The van der Waals surface area contributed by atoms with Gasteiger partial charge in [0.25, 0.3) is 0 Å². The summed E-state index contributed by atoms with van der Waals surface area (Å²) >= 11 is 0. The van der Waals surface area contributed by atoms with Crippen LogP contribution >= 0.6 is 0 Å². The smallest absolute Gasteiger partial charge is 0.389 e. The van der Waals surface area contributed by atoms with Crippen LogP contribution in [0.15, 0.2) is 18.2 Å². The first kappa shape index (κ1) is 19.7. The first-order valence-electron chi connectivity index (χ1n) is 9.99. The van der Waals surface area contributed by atoms with E-state index in [9.17, 15) is 18.3 Å². The van der Waals surface area contributed by atoms with Crippen molar-refractivity contribution in [1.29, 1.82) is 0 Å². The van der Waals surface area contributed by atoms with Crippen molar-refractivity contribution in [3.63, 3.8) is 0 Å². The fraction of sp³-hybridized carbons (Fsp3) is 0.727. The maximum Gasteiger partial charge on any atom is 0.389 e. The van der Waals surface area contributed by atoms with Crippen molar-refractivity contribution in [3.8, 4) is 0 Å². The van der Waals surface area contributed by atoms with Gasteiger partial charge in [-0.05, 0) is 80.2 Å². The lowest BCUT2D eigenvalue weighted by Crippen LogP contribution is -2.51. The normalized spacial score (nSPS) is 33.1. The van der Waals surface area contributed by atoms with Gasteiger partial charge in [-0.2, -0.15) is 13.2 Å². The molecule has 0 spiro atoms. The fourth-order valence-corrected chi connectivity index (χ4v) is 5.70. The molecule has 0 heterocycles. The molecule has 4 atom stereocenters. The second-order valence-corrected chi connectivity index (χ2v) is 8.79. The standard InChI is InChI=1S/C22H31F3O/c1-4-20-10-11-21(26,16(3)13-22(23,24)25)14-18(20)7-5-6-17-12-15(2)8-9-19(17)20/h8-9,12,16,18,26H,4-7,10-11,13-14H2,1-3H3/t16?,18-,20+,21+/m0/s1. The Hall–Kier alpha value is -1.03. The van der Waals surface area contributed by atoms with E-state index in [0.29, 0.717) is 12.8 Å². The Morgan fingerprint density at radius 3 is 2.65 bits per heavy atom. The van der Waals surface area contributed by atoms with Crippen LogP contribution in [0.1, 0.15) is 75.5 Å². The maximum absolute atomic E-state index is 12.9. The Morgan fingerprint density at radius 1 is 1.27 bits per heavy atom. The molecule has 1 aromatic carbocycles. The van der Waals surface area contributed by atoms with Gasteiger partial charge in [-0.15, -0.1) is 0 Å². The predicted octanol–water partition coefficient (Wildman–Crippen LogP) is 6.10. The Balaban J connectivity index is 1.93. The third-order valence-electron chi connectivity index (χ3n) is 7.27. The highest BCUT2D eigenvalue weighted by atomic mass is 19.4. The summed E-state index contributed by atoms with van der Waals surface area (Å²) in [5.41, 5.74) is 2.86. The molecule has 2 aliphatic rings. The molecule has 1 fully saturated rings. The van der Waals surface area contributed by atoms with Crippen LogP contribution in [0.25, 0.3) is 0 Å². The molecule has 3 rings (SSSR count). The van der Waals surface area contributed by atoms with E-state index in [1.165, 1.54) is 16.7 Å². The van der Waals surface area contributed by atoms with Crippen LogP contribution in [0.4, 0.5) is 13.2 Å². The summed E-state index contributed by atoms with van der Waals surface area (Å²) in [5.74, 6) is -0.496. The molecule has 1 saturated carbocycles. The molecule has 1 unspecified atom stereocenters. The highest BCUT2D eigenvalue weighted by Gasteiger charge is 2.52. The topological polar surface area (TPSA) is 20.2 Å². The van der Waals surface area contributed by atoms with Gasteiger partial charge in [-0.1, -0.05) is 37.6 Å². The van der Waals surface area contributed by atoms with Crippen LogP contribution in [0.3, 0.4) is 0 Å². The third kappa shape index (κ3) is 3.54. The van der Waals surface area contributed by atoms with E-state index >= 15 is 0 Å². The van der Waals surface area contributed by atoms with Gasteiger partial charge in [0, 0.05) is 6.42 Å². The molecular formula is C22H31F3O. The van der Waals surface area contributed by atoms with Crippen molar-refractivity contribution in [2.24, 2.45) is 11.8 Å². The van der Waals surface area contributed by atoms with Crippen LogP contribution in [-0.4, -0.2) is 16.9 Å². The Bertz CT molecular complexity index is 653. The summed E-state index contributed by atoms with van der Waals surface area (Å²) in [5, 5.41) is 11.1. The molecule has 0 saturated heterocycles. The summed E-state index contributed by atoms with van der Waals surface area (Å²) in [6, 6.07) is 6.68. The zero-order valence-electron chi connectivity index (χ0n) is 16.1. The number of aliphatic hydroxyl groups is 1. The van der Waals surface area contributed by atoms with Crippen LogP contribution in [0.2, 0.25) is 0 Å². The molecule has 146 valence electrons. The van der Waals surface area contributed by atoms with Gasteiger partial charge in [-0.3, -0.25) is 0 Å². The van der Waals surface area contributed by atoms with E-state index in [1.807, 2.05) is 0 Å². The lowest BCUT2D eigenvalue weighted by atomic mass is 9.55. The number of alkyl halides is 3. The molecule has 4 heteroatoms. The number of halogens is 3. The zero-order chi connectivity index (χ0) is 19.2. The number of hydrogen-bond acceptors (Lipinski definition) is 1. The highest BCUT2D eigenvalue weighted by molar-refractivity contribution is 5.40. The number of hydrogen-bond donors (Lipinski definition) is 1. The summed E-state index contributed by atoms with van der Waals surface area (Å²) in [7, 11) is 0. The minimum Gasteiger partial charge on any atom is -0.390 e. The largest absolute Gasteiger partial charge is 0.390 e. The fourth-order valence-electron chi connectivity index (χ4n) is 5.70. The molecule has 1 aromatic rings. The van der Waals surface area contributed by atoms with Gasteiger partial charge < -0.3 is 5.11 Å². The van der Waals surface area contributed by atoms with Gasteiger partial charge in [0.05, 0.1) is 5.60 Å². The maximum atomic E-state index is 12.9. The molecule has 0 bridgehead atoms. The molecule has 26 heavy (non-hydrogen) atoms. The van der Waals surface area contributed by atoms with E-state index in [1.54, 1.807) is 6.92 Å². The van der Waals surface area contributed by atoms with Crippen molar-refractivity contribution in [3.05, 3.63) is 34.9 Å². The van der Waals surface area contributed by atoms with Gasteiger partial charge in [-0.25, -0.2) is 0 Å². The Morgan fingerprint density at radius 2 is 2.00 bits per heavy atom. The van der Waals surface area contributed by atoms with Crippen molar-refractivity contribution in [2.45, 2.75) is 89.3 Å². The van der Waals surface area contributed by atoms with Crippen LogP contribution in [0, 0.1) is 18.8 Å². The molecule has 2 aliphatic carbocycles. The zero-order valence-corrected chi connectivity index (χ0v) is 16.1. The summed E-state index contributed by atoms with van der Waals surface area (Å²) in [4.78, 5) is 0. The predicted molar refractivity (Wildman–Crippen MR) is 98.2 cm³/mol. The molecule has 1 nitrogen and oxygen atoms in total. The van der Waals surface area contributed by atoms with Gasteiger partial charge >= 0.3 is 6.18 Å². The van der Waals surface area contributed by atoms with Crippen molar-refractivity contribution >= 4 is 0 Å². The number of aryl methyl sites for hydroxylation is 2. The number of rotatable bonds is 3. The van der Waals surface area contributed by atoms with Crippen molar-refractivity contribution < 1.29 is 18.3 Å². The van der Waals surface area contributed by atoms with E-state index in [-0.39, 0.29) is 11.3 Å². The quantitative estimate of drug-likeness (QED) is 0.683. The third-order valence-corrected chi connectivity index (χ3v) is 7.27. The highest BCUT2D eigenvalue weighted by Crippen LogP contribution is 2.55. The first-order valence-corrected chi connectivity index (χ1v) is 9.99. The second kappa shape index (κ2) is 6.85. The summed E-state index contributed by atoms with van der Waals surface area (Å²) in [6.45, 7) is 5.88. The van der Waals surface area contributed by atoms with Gasteiger partial charge in [0.2, 0.25) is 0 Å². The molecule has 1 N–H and O–H groups in total. The van der Waals surface area contributed by atoms with Crippen LogP contribution < -0.4 is 0 Å². The Labute approximate surface area is 155 Å². The van der Waals surface area contributed by atoms with Gasteiger partial charge in [0.15, 0.2) is 0 Å². The van der Waals surface area contributed by atoms with Crippen LogP contribution in [0.5, 0.6) is 0 Å². The van der Waals surface area contributed by atoms with E-state index < -0.39 is 24.1 Å². The van der Waals surface area contributed by atoms with Crippen LogP contribution in [-0.2, 0) is 11.8 Å². The molecular weight excluding hydrogens is 337 g/mol. The first-order chi connectivity index (χ1) is 12.1. The molecule has 0 radical (unpaired) electrons. The minimum atomic E-state index is -4.22. The molecule has 0 aromatic heterocycles. The number of fused-ring (bicyclic) bond motifs is 3. The summed E-state index contributed by atoms with van der Waals surface area (Å²) in [6.07, 6.45) is 0.669. The molecule has 0 aliphatic heterocycles. The second-order valence-electron chi connectivity index (χ2n) is 8.79. The van der Waals surface area contributed by atoms with E-state index in [4.69, 9.17) is 0 Å². The SMILES string of the molecule is CC[C@@]12CC[C@](O)(C(C)CC(F)(F)F)C[C@@H]1CCCc1cc(C)ccc12. The van der Waals surface area contributed by atoms with E-state index in [0.717, 1.165) is 32.1 Å². The van der Waals surface area contributed by atoms with Gasteiger partial charge in [0.1, 0.15) is 0 Å². The minimum absolute atomic E-state index is 0.00369. The average molecular weight is 368 g/mol. The molecule has 0 amide bonds. The van der Waals surface area contributed by atoms with Crippen molar-refractivity contribution in [1.82, 2.24) is 0 Å². The number of benzene rings is 1. The summed E-state index contributed by atoms with van der Waals surface area (Å²) < 4.78 is 38.7.